The summed E-state index contributed by atoms with van der Waals surface area (Å²) in [4.78, 5) is 0. The molecule has 0 atom stereocenters. The molecular weight excluding hydrogens is 264 g/mol. The number of hydrogen-bond acceptors (Lipinski definition) is 1. The standard InChI is InChI=1S/C15H15BF3O/c17-16(18,19)15-13-4-2-1-3-12(13)7-8-14(15)20-10-9-11-5-6-11/h1-4,7-8,11H,5-6,9-10H2/q-1. The van der Waals surface area contributed by atoms with Gasteiger partial charge >= 0.3 is 6.98 Å². The van der Waals surface area contributed by atoms with Crippen LogP contribution in [-0.4, -0.2) is 13.6 Å². The molecule has 0 unspecified atom stereocenters. The third-order valence-corrected chi connectivity index (χ3v) is 3.74. The number of hydrogen-bond donors (Lipinski definition) is 0. The maximum atomic E-state index is 13.4. The zero-order valence-corrected chi connectivity index (χ0v) is 11.0. The van der Waals surface area contributed by atoms with Crippen molar-refractivity contribution in [2.45, 2.75) is 19.3 Å². The highest BCUT2D eigenvalue weighted by Gasteiger charge is 2.31. The van der Waals surface area contributed by atoms with Gasteiger partial charge in [0.05, 0.1) is 12.4 Å². The van der Waals surface area contributed by atoms with Gasteiger partial charge in [-0.25, -0.2) is 0 Å². The second kappa shape index (κ2) is 5.04. The van der Waals surface area contributed by atoms with Gasteiger partial charge in [0.1, 0.15) is 0 Å². The van der Waals surface area contributed by atoms with Crippen LogP contribution in [0.4, 0.5) is 12.9 Å². The normalized spacial score (nSPS) is 15.6. The van der Waals surface area contributed by atoms with Gasteiger partial charge in [-0.1, -0.05) is 48.6 Å². The summed E-state index contributed by atoms with van der Waals surface area (Å²) in [7, 11) is 0. The molecule has 0 bridgehead atoms. The van der Waals surface area contributed by atoms with Crippen LogP contribution in [0.25, 0.3) is 10.8 Å². The highest BCUT2D eigenvalue weighted by atomic mass is 19.4. The number of fused-ring (bicyclic) bond motifs is 1. The third kappa shape index (κ3) is 2.76. The monoisotopic (exact) mass is 279 g/mol. The molecule has 1 fully saturated rings. The van der Waals surface area contributed by atoms with E-state index in [-0.39, 0.29) is 11.1 Å². The molecule has 0 aromatic heterocycles. The Morgan fingerprint density at radius 2 is 1.80 bits per heavy atom. The van der Waals surface area contributed by atoms with Gasteiger partial charge < -0.3 is 17.7 Å². The Morgan fingerprint density at radius 1 is 1.05 bits per heavy atom. The van der Waals surface area contributed by atoms with E-state index in [1.165, 1.54) is 25.0 Å². The predicted octanol–water partition coefficient (Wildman–Crippen LogP) is 4.07. The fourth-order valence-corrected chi connectivity index (χ4v) is 2.48. The van der Waals surface area contributed by atoms with Crippen LogP contribution in [0.15, 0.2) is 36.4 Å². The summed E-state index contributed by atoms with van der Waals surface area (Å²) in [6.45, 7) is -4.73. The molecule has 106 valence electrons. The summed E-state index contributed by atoms with van der Waals surface area (Å²) in [6.07, 6.45) is 3.20. The molecule has 5 heteroatoms. The first-order valence-electron chi connectivity index (χ1n) is 6.90. The van der Waals surface area contributed by atoms with Gasteiger partial charge in [0.15, 0.2) is 0 Å². The van der Waals surface area contributed by atoms with Crippen molar-refractivity contribution in [3.05, 3.63) is 36.4 Å². The molecule has 0 heterocycles. The lowest BCUT2D eigenvalue weighted by Gasteiger charge is -2.22. The molecule has 20 heavy (non-hydrogen) atoms. The van der Waals surface area contributed by atoms with Crippen molar-refractivity contribution in [2.24, 2.45) is 5.92 Å². The van der Waals surface area contributed by atoms with E-state index in [2.05, 4.69) is 0 Å². The Morgan fingerprint density at radius 3 is 2.50 bits per heavy atom. The van der Waals surface area contributed by atoms with Gasteiger partial charge in [-0.3, -0.25) is 0 Å². The molecular formula is C15H15BF3O-. The van der Waals surface area contributed by atoms with E-state index in [1.807, 2.05) is 0 Å². The largest absolute Gasteiger partial charge is 0.513 e. The minimum atomic E-state index is -5.09. The van der Waals surface area contributed by atoms with E-state index >= 15 is 0 Å². The maximum absolute atomic E-state index is 13.4. The predicted molar refractivity (Wildman–Crippen MR) is 75.5 cm³/mol. The highest BCUT2D eigenvalue weighted by molar-refractivity contribution is 6.76. The van der Waals surface area contributed by atoms with Gasteiger partial charge in [0, 0.05) is 0 Å². The van der Waals surface area contributed by atoms with Crippen LogP contribution in [0.1, 0.15) is 19.3 Å². The highest BCUT2D eigenvalue weighted by Crippen LogP contribution is 2.32. The number of halogens is 3. The quantitative estimate of drug-likeness (QED) is 0.749. The van der Waals surface area contributed by atoms with Crippen LogP contribution in [0.5, 0.6) is 5.75 Å². The van der Waals surface area contributed by atoms with Crippen molar-refractivity contribution in [1.82, 2.24) is 0 Å². The fraction of sp³-hybridized carbons (Fsp3) is 0.333. The molecule has 1 aliphatic rings. The molecule has 0 spiro atoms. The summed E-state index contributed by atoms with van der Waals surface area (Å²) in [6, 6.07) is 9.69. The summed E-state index contributed by atoms with van der Waals surface area (Å²) < 4.78 is 45.5. The molecule has 0 N–H and O–H groups in total. The second-order valence-corrected chi connectivity index (χ2v) is 5.35. The van der Waals surface area contributed by atoms with Crippen LogP contribution in [0.3, 0.4) is 0 Å². The van der Waals surface area contributed by atoms with E-state index < -0.39 is 12.4 Å². The smallest absolute Gasteiger partial charge is 0.497 e. The summed E-state index contributed by atoms with van der Waals surface area (Å²) in [5, 5.41) is 0.820. The van der Waals surface area contributed by atoms with E-state index in [0.29, 0.717) is 17.9 Å². The summed E-state index contributed by atoms with van der Waals surface area (Å²) in [5.41, 5.74) is -0.598. The average molecular weight is 279 g/mol. The van der Waals surface area contributed by atoms with Crippen molar-refractivity contribution >= 4 is 23.2 Å². The van der Waals surface area contributed by atoms with Crippen molar-refractivity contribution < 1.29 is 17.7 Å². The lowest BCUT2D eigenvalue weighted by Crippen LogP contribution is -2.36. The third-order valence-electron chi connectivity index (χ3n) is 3.74. The van der Waals surface area contributed by atoms with Gasteiger partial charge in [0.25, 0.3) is 0 Å². The summed E-state index contributed by atoms with van der Waals surface area (Å²) >= 11 is 0. The first-order valence-corrected chi connectivity index (χ1v) is 6.90. The Balaban J connectivity index is 1.96. The minimum absolute atomic E-state index is 0.0307. The fourth-order valence-electron chi connectivity index (χ4n) is 2.48. The zero-order valence-electron chi connectivity index (χ0n) is 11.0. The molecule has 1 nitrogen and oxygen atoms in total. The molecule has 0 saturated heterocycles. The number of benzene rings is 2. The average Bonchev–Trinajstić information content (AvgIpc) is 3.21. The van der Waals surface area contributed by atoms with Crippen molar-refractivity contribution in [2.75, 3.05) is 6.61 Å². The molecule has 0 amide bonds. The molecule has 2 aromatic rings. The molecule has 2 aromatic carbocycles. The Hall–Kier alpha value is -1.65. The lowest BCUT2D eigenvalue weighted by molar-refractivity contribution is 0.303. The Kier molecular flexibility index (Phi) is 3.36. The van der Waals surface area contributed by atoms with Crippen molar-refractivity contribution in [1.29, 1.82) is 0 Å². The molecule has 0 aliphatic heterocycles. The molecule has 1 aliphatic carbocycles. The van der Waals surface area contributed by atoms with Crippen LogP contribution >= 0.6 is 0 Å². The molecule has 3 rings (SSSR count). The SMILES string of the molecule is F[B-](F)(F)c1c(OCCC2CC2)ccc2ccccc12. The first-order chi connectivity index (χ1) is 9.55. The van der Waals surface area contributed by atoms with Crippen LogP contribution in [0, 0.1) is 5.92 Å². The van der Waals surface area contributed by atoms with Crippen molar-refractivity contribution in [3.8, 4) is 5.75 Å². The Labute approximate surface area is 115 Å². The second-order valence-electron chi connectivity index (χ2n) is 5.35. The van der Waals surface area contributed by atoms with Gasteiger partial charge in [-0.2, -0.15) is 0 Å². The summed E-state index contributed by atoms with van der Waals surface area (Å²) in [5.74, 6) is 0.618. The van der Waals surface area contributed by atoms with Gasteiger partial charge in [-0.05, 0) is 29.2 Å². The van der Waals surface area contributed by atoms with E-state index in [4.69, 9.17) is 4.74 Å². The molecule has 1 saturated carbocycles. The minimum Gasteiger partial charge on any atom is -0.497 e. The van der Waals surface area contributed by atoms with Crippen LogP contribution < -0.4 is 10.2 Å². The number of rotatable bonds is 5. The Bertz CT molecular complexity index is 620. The van der Waals surface area contributed by atoms with Crippen LogP contribution in [0.2, 0.25) is 0 Å². The van der Waals surface area contributed by atoms with Crippen LogP contribution in [-0.2, 0) is 0 Å². The number of ether oxygens (including phenoxy) is 1. The van der Waals surface area contributed by atoms with E-state index in [1.54, 1.807) is 24.3 Å². The van der Waals surface area contributed by atoms with Crippen molar-refractivity contribution in [3.63, 3.8) is 0 Å². The maximum Gasteiger partial charge on any atom is 0.513 e. The zero-order chi connectivity index (χ0) is 14.2. The van der Waals surface area contributed by atoms with E-state index in [9.17, 15) is 12.9 Å². The first kappa shape index (κ1) is 13.3. The lowest BCUT2D eigenvalue weighted by atomic mass is 9.76. The van der Waals surface area contributed by atoms with Gasteiger partial charge in [0.2, 0.25) is 0 Å². The van der Waals surface area contributed by atoms with E-state index in [0.717, 1.165) is 6.42 Å². The molecule has 0 radical (unpaired) electrons. The topological polar surface area (TPSA) is 9.23 Å². The van der Waals surface area contributed by atoms with Gasteiger partial charge in [-0.15, -0.1) is 0 Å².